The summed E-state index contributed by atoms with van der Waals surface area (Å²) in [5.41, 5.74) is 6.15. The number of nitrogens with one attached hydrogen (secondary N) is 2. The summed E-state index contributed by atoms with van der Waals surface area (Å²) >= 11 is 0. The predicted octanol–water partition coefficient (Wildman–Crippen LogP) is 0.936. The smallest absolute Gasteiger partial charge is 0.249 e. The number of carbonyl (C=O) groups is 1. The van der Waals surface area contributed by atoms with Crippen LogP contribution in [0.5, 0.6) is 0 Å². The van der Waals surface area contributed by atoms with Crippen LogP contribution in [0.1, 0.15) is 35.2 Å². The lowest BCUT2D eigenvalue weighted by Gasteiger charge is -2.23. The van der Waals surface area contributed by atoms with Crippen LogP contribution >= 0.6 is 12.4 Å². The quantitative estimate of drug-likeness (QED) is 0.737. The zero-order valence-electron chi connectivity index (χ0n) is 12.5. The first-order valence-corrected chi connectivity index (χ1v) is 8.52. The van der Waals surface area contributed by atoms with E-state index in [1.807, 2.05) is 0 Å². The molecule has 1 aromatic carbocycles. The standard InChI is InChI=1S/C14H21N3O3S.ClH/c1-10-5-6-12(8-13(10)14(15)18)21(19,20)17-9-11-4-2-3-7-16-11;/h5-6,8,11,16-17H,2-4,7,9H2,1H3,(H2,15,18);1H. The molecule has 1 heterocycles. The lowest BCUT2D eigenvalue weighted by atomic mass is 10.1. The fourth-order valence-corrected chi connectivity index (χ4v) is 3.53. The third-order valence-electron chi connectivity index (χ3n) is 3.72. The maximum absolute atomic E-state index is 12.3. The van der Waals surface area contributed by atoms with Gasteiger partial charge in [0.1, 0.15) is 0 Å². The van der Waals surface area contributed by atoms with Gasteiger partial charge in [-0.1, -0.05) is 12.5 Å². The second kappa shape index (κ2) is 7.92. The van der Waals surface area contributed by atoms with Crippen molar-refractivity contribution in [2.75, 3.05) is 13.1 Å². The van der Waals surface area contributed by atoms with Gasteiger partial charge in [-0.2, -0.15) is 0 Å². The minimum Gasteiger partial charge on any atom is -0.366 e. The SMILES string of the molecule is Cc1ccc(S(=O)(=O)NCC2CCCCN2)cc1C(N)=O.Cl. The molecule has 22 heavy (non-hydrogen) atoms. The van der Waals surface area contributed by atoms with Crippen LogP contribution in [0.4, 0.5) is 0 Å². The van der Waals surface area contributed by atoms with Gasteiger partial charge in [-0.25, -0.2) is 13.1 Å². The van der Waals surface area contributed by atoms with Crippen LogP contribution in [0.3, 0.4) is 0 Å². The molecule has 1 aliphatic heterocycles. The Hall–Kier alpha value is -1.15. The maximum Gasteiger partial charge on any atom is 0.249 e. The third kappa shape index (κ3) is 4.67. The first-order chi connectivity index (χ1) is 9.90. The molecule has 1 unspecified atom stereocenters. The van der Waals surface area contributed by atoms with Crippen LogP contribution in [0.2, 0.25) is 0 Å². The van der Waals surface area contributed by atoms with Crippen molar-refractivity contribution in [3.63, 3.8) is 0 Å². The molecule has 1 aromatic rings. The van der Waals surface area contributed by atoms with Crippen molar-refractivity contribution in [3.8, 4) is 0 Å². The van der Waals surface area contributed by atoms with E-state index in [9.17, 15) is 13.2 Å². The highest BCUT2D eigenvalue weighted by molar-refractivity contribution is 7.89. The molecule has 1 amide bonds. The highest BCUT2D eigenvalue weighted by atomic mass is 35.5. The van der Waals surface area contributed by atoms with Crippen molar-refractivity contribution in [3.05, 3.63) is 29.3 Å². The highest BCUT2D eigenvalue weighted by Gasteiger charge is 2.19. The molecule has 4 N–H and O–H groups in total. The number of halogens is 1. The minimum absolute atomic E-state index is 0. The second-order valence-corrected chi connectivity index (χ2v) is 7.11. The Morgan fingerprint density at radius 2 is 2.14 bits per heavy atom. The summed E-state index contributed by atoms with van der Waals surface area (Å²) in [7, 11) is -3.63. The maximum atomic E-state index is 12.3. The van der Waals surface area contributed by atoms with Gasteiger partial charge in [0.25, 0.3) is 0 Å². The van der Waals surface area contributed by atoms with E-state index in [0.717, 1.165) is 25.8 Å². The Morgan fingerprint density at radius 1 is 1.41 bits per heavy atom. The number of hydrogen-bond donors (Lipinski definition) is 3. The molecule has 6 nitrogen and oxygen atoms in total. The summed E-state index contributed by atoms with van der Waals surface area (Å²) in [4.78, 5) is 11.4. The van der Waals surface area contributed by atoms with Gasteiger partial charge in [0.2, 0.25) is 15.9 Å². The van der Waals surface area contributed by atoms with E-state index in [-0.39, 0.29) is 28.9 Å². The van der Waals surface area contributed by atoms with Crippen molar-refractivity contribution in [2.24, 2.45) is 5.73 Å². The summed E-state index contributed by atoms with van der Waals surface area (Å²) < 4.78 is 27.1. The Kier molecular flexibility index (Phi) is 6.80. The van der Waals surface area contributed by atoms with E-state index >= 15 is 0 Å². The van der Waals surface area contributed by atoms with Crippen LogP contribution in [0.15, 0.2) is 23.1 Å². The molecule has 1 atom stereocenters. The van der Waals surface area contributed by atoms with Gasteiger partial charge in [-0.15, -0.1) is 12.4 Å². The fourth-order valence-electron chi connectivity index (χ4n) is 2.43. The molecule has 0 aromatic heterocycles. The second-order valence-electron chi connectivity index (χ2n) is 5.34. The molecule has 0 bridgehead atoms. The van der Waals surface area contributed by atoms with Crippen molar-refractivity contribution in [2.45, 2.75) is 37.1 Å². The minimum atomic E-state index is -3.63. The van der Waals surface area contributed by atoms with Crippen molar-refractivity contribution < 1.29 is 13.2 Å². The van der Waals surface area contributed by atoms with E-state index in [2.05, 4.69) is 10.0 Å². The van der Waals surface area contributed by atoms with Gasteiger partial charge in [-0.3, -0.25) is 4.79 Å². The summed E-state index contributed by atoms with van der Waals surface area (Å²) in [6, 6.07) is 4.56. The summed E-state index contributed by atoms with van der Waals surface area (Å²) in [5.74, 6) is -0.626. The Balaban J connectivity index is 0.00000242. The van der Waals surface area contributed by atoms with Gasteiger partial charge >= 0.3 is 0 Å². The molecular formula is C14H22ClN3O3S. The zero-order valence-corrected chi connectivity index (χ0v) is 14.1. The number of benzene rings is 1. The van der Waals surface area contributed by atoms with Gasteiger partial charge in [0.05, 0.1) is 4.90 Å². The van der Waals surface area contributed by atoms with Gasteiger partial charge < -0.3 is 11.1 Å². The summed E-state index contributed by atoms with van der Waals surface area (Å²) in [6.45, 7) is 2.99. The highest BCUT2D eigenvalue weighted by Crippen LogP contribution is 2.15. The topological polar surface area (TPSA) is 101 Å². The van der Waals surface area contributed by atoms with E-state index in [1.165, 1.54) is 12.1 Å². The largest absolute Gasteiger partial charge is 0.366 e. The molecule has 124 valence electrons. The molecular weight excluding hydrogens is 326 g/mol. The van der Waals surface area contributed by atoms with Gasteiger partial charge in [-0.05, 0) is 44.0 Å². The molecule has 8 heteroatoms. The molecule has 0 saturated carbocycles. The zero-order chi connectivity index (χ0) is 15.5. The van der Waals surface area contributed by atoms with Crippen LogP contribution in [0.25, 0.3) is 0 Å². The number of amides is 1. The van der Waals surface area contributed by atoms with E-state index in [1.54, 1.807) is 13.0 Å². The first kappa shape index (κ1) is 18.9. The van der Waals surface area contributed by atoms with Crippen molar-refractivity contribution in [1.82, 2.24) is 10.0 Å². The number of nitrogens with two attached hydrogens (primary N) is 1. The predicted molar refractivity (Wildman–Crippen MR) is 87.8 cm³/mol. The Morgan fingerprint density at radius 3 is 2.73 bits per heavy atom. The normalized spacial score (nSPS) is 18.5. The average molecular weight is 348 g/mol. The molecule has 1 fully saturated rings. The number of hydrogen-bond acceptors (Lipinski definition) is 4. The van der Waals surface area contributed by atoms with Gasteiger partial charge in [0, 0.05) is 18.2 Å². The molecule has 2 rings (SSSR count). The van der Waals surface area contributed by atoms with Crippen molar-refractivity contribution in [1.29, 1.82) is 0 Å². The van der Waals surface area contributed by atoms with Crippen LogP contribution in [0, 0.1) is 6.92 Å². The Bertz CT molecular complexity index is 628. The Labute approximate surface area is 137 Å². The molecule has 0 radical (unpaired) electrons. The number of rotatable bonds is 5. The van der Waals surface area contributed by atoms with E-state index in [0.29, 0.717) is 12.1 Å². The van der Waals surface area contributed by atoms with Crippen molar-refractivity contribution >= 4 is 28.3 Å². The average Bonchev–Trinajstić information content (AvgIpc) is 2.46. The van der Waals surface area contributed by atoms with E-state index in [4.69, 9.17) is 5.73 Å². The number of primary amides is 1. The van der Waals surface area contributed by atoms with Crippen LogP contribution in [-0.2, 0) is 10.0 Å². The summed E-state index contributed by atoms with van der Waals surface area (Å²) in [6.07, 6.45) is 3.20. The first-order valence-electron chi connectivity index (χ1n) is 7.03. The summed E-state index contributed by atoms with van der Waals surface area (Å²) in [5, 5.41) is 3.28. The lowest BCUT2D eigenvalue weighted by molar-refractivity contribution is 0.0999. The fraction of sp³-hybridized carbons (Fsp3) is 0.500. The molecule has 1 aliphatic rings. The molecule has 1 saturated heterocycles. The molecule has 0 aliphatic carbocycles. The van der Waals surface area contributed by atoms with Crippen LogP contribution < -0.4 is 15.8 Å². The third-order valence-corrected chi connectivity index (χ3v) is 5.14. The molecule has 0 spiro atoms. The number of aryl methyl sites for hydroxylation is 1. The lowest BCUT2D eigenvalue weighted by Crippen LogP contribution is -2.43. The number of piperidine rings is 1. The number of sulfonamides is 1. The van der Waals surface area contributed by atoms with E-state index < -0.39 is 15.9 Å². The monoisotopic (exact) mass is 347 g/mol. The van der Waals surface area contributed by atoms with Gasteiger partial charge in [0.15, 0.2) is 0 Å². The number of carbonyl (C=O) groups excluding carboxylic acids is 1. The van der Waals surface area contributed by atoms with Crippen LogP contribution in [-0.4, -0.2) is 33.5 Å².